The van der Waals surface area contributed by atoms with Crippen molar-refractivity contribution in [1.82, 2.24) is 105 Å². The van der Waals surface area contributed by atoms with Crippen LogP contribution in [0.5, 0.6) is 0 Å². The average Bonchev–Trinajstić information content (AvgIpc) is 0.841. The number of ketones is 1. The van der Waals surface area contributed by atoms with Crippen molar-refractivity contribution in [1.29, 1.82) is 0 Å². The first kappa shape index (κ1) is 89.3. The molecule has 0 bridgehead atoms. The van der Waals surface area contributed by atoms with Crippen molar-refractivity contribution >= 4 is 70.7 Å². The highest BCUT2D eigenvalue weighted by atomic mass is 16.4. The molecule has 113 heavy (non-hydrogen) atoms. The summed E-state index contributed by atoms with van der Waals surface area (Å²) in [6.45, 7) is 5.00. The minimum absolute atomic E-state index is 0.0269. The van der Waals surface area contributed by atoms with Gasteiger partial charge in [-0.3, -0.25) is 107 Å². The third-order valence-corrected chi connectivity index (χ3v) is 18.3. The number of carbonyl (C=O) groups excluding carboxylic acids is 4. The lowest BCUT2D eigenvalue weighted by atomic mass is 10.1. The fourth-order valence-electron chi connectivity index (χ4n) is 12.3. The van der Waals surface area contributed by atoms with Gasteiger partial charge in [0, 0.05) is 143 Å². The zero-order valence-electron chi connectivity index (χ0n) is 63.6. The summed E-state index contributed by atoms with van der Waals surface area (Å²) in [5.41, 5.74) is 3.16. The molecule has 39 nitrogen and oxygen atoms in total. The molecule has 0 unspecified atom stereocenters. The van der Waals surface area contributed by atoms with E-state index in [4.69, 9.17) is 0 Å². The minimum atomic E-state index is -1.02. The molecular weight excluding hydrogens is 1470 g/mol. The van der Waals surface area contributed by atoms with Crippen LogP contribution < -0.4 is 16.0 Å². The van der Waals surface area contributed by atoms with E-state index in [0.717, 1.165) is 64.2 Å². The van der Waals surface area contributed by atoms with Crippen molar-refractivity contribution in [3.63, 3.8) is 0 Å². The van der Waals surface area contributed by atoms with Crippen molar-refractivity contribution in [2.24, 2.45) is 0 Å². The quantitative estimate of drug-likeness (QED) is 0.0249. The molecule has 2 aliphatic rings. The Bertz CT molecular complexity index is 3860. The summed E-state index contributed by atoms with van der Waals surface area (Å²) in [6.07, 6.45) is 18.0. The van der Waals surface area contributed by atoms with E-state index in [2.05, 4.69) is 76.7 Å². The molecule has 0 aromatic carbocycles. The number of aromatic nitrogens is 12. The first-order valence-electron chi connectivity index (χ1n) is 38.0. The van der Waals surface area contributed by atoms with Gasteiger partial charge in [0.15, 0.2) is 0 Å². The summed E-state index contributed by atoms with van der Waals surface area (Å²) in [7, 11) is 0. The van der Waals surface area contributed by atoms with Gasteiger partial charge in [0.25, 0.3) is 0 Å². The molecule has 2 fully saturated rings. The Balaban J connectivity index is 0.000000314. The Labute approximate surface area is 654 Å². The summed E-state index contributed by atoms with van der Waals surface area (Å²) in [5, 5.41) is 97.6. The summed E-state index contributed by atoms with van der Waals surface area (Å²) in [5.74, 6) is -5.26. The highest BCUT2D eigenvalue weighted by molar-refractivity contribution is 5.91. The molecule has 0 spiro atoms. The van der Waals surface area contributed by atoms with Crippen molar-refractivity contribution < 1.29 is 78.6 Å². The predicted molar refractivity (Wildman–Crippen MR) is 410 cm³/mol. The van der Waals surface area contributed by atoms with Gasteiger partial charge in [0.1, 0.15) is 28.6 Å². The highest BCUT2D eigenvalue weighted by Gasteiger charge is 2.25. The zero-order chi connectivity index (χ0) is 81.0. The van der Waals surface area contributed by atoms with Crippen LogP contribution >= 0.6 is 0 Å². The second kappa shape index (κ2) is 50.1. The number of carbonyl (C=O) groups is 10. The van der Waals surface area contributed by atoms with Crippen LogP contribution in [-0.2, 0) is 47.9 Å². The maximum Gasteiger partial charge on any atom is 0.317 e. The monoisotopic (exact) mass is 1570 g/mol. The molecule has 610 valence electrons. The lowest BCUT2D eigenvalue weighted by molar-refractivity contribution is -0.140. The molecule has 0 saturated carbocycles. The summed E-state index contributed by atoms with van der Waals surface area (Å²) < 4.78 is 0. The topological polar surface area (TPSA) is 509 Å². The first-order valence-corrected chi connectivity index (χ1v) is 38.0. The molecule has 8 rings (SSSR count). The number of rotatable bonds is 40. The maximum absolute atomic E-state index is 13.0. The van der Waals surface area contributed by atoms with Crippen LogP contribution in [0.1, 0.15) is 96.3 Å². The average molecular weight is 1570 g/mol. The molecule has 6 aromatic heterocycles. The largest absolute Gasteiger partial charge is 0.480 e. The van der Waals surface area contributed by atoms with Crippen molar-refractivity contribution in [3.05, 3.63) is 85.5 Å². The number of carboxylic acid groups (broad SMARTS) is 6. The number of nitrogens with zero attached hydrogens (tertiary/aromatic N) is 20. The lowest BCUT2D eigenvalue weighted by Crippen LogP contribution is -2.49. The molecule has 8 heterocycles. The smallest absolute Gasteiger partial charge is 0.317 e. The summed E-state index contributed by atoms with van der Waals surface area (Å²) >= 11 is 0. The number of carboxylic acids is 6. The number of hydrogen-bond donors (Lipinski definition) is 9. The van der Waals surface area contributed by atoms with Crippen LogP contribution in [0.2, 0.25) is 0 Å². The second-order valence-corrected chi connectivity index (χ2v) is 27.4. The summed E-state index contributed by atoms with van der Waals surface area (Å²) in [6, 6.07) is 17.6. The number of pyridine rings is 4. The third kappa shape index (κ3) is 36.8. The van der Waals surface area contributed by atoms with Crippen molar-refractivity contribution in [2.45, 2.75) is 96.3 Å². The molecule has 2 aliphatic heterocycles. The van der Waals surface area contributed by atoms with Gasteiger partial charge in [0.2, 0.25) is 41.0 Å². The number of aliphatic carboxylic acids is 6. The number of hydrogen-bond acceptors (Lipinski definition) is 30. The Morgan fingerprint density at radius 2 is 0.549 bits per heavy atom. The fraction of sp³-hybridized carbons (Fsp3) is 0.541. The molecule has 39 heteroatoms. The number of anilines is 2. The van der Waals surface area contributed by atoms with Crippen LogP contribution in [0.25, 0.3) is 46.1 Å². The fourth-order valence-corrected chi connectivity index (χ4v) is 12.3. The predicted octanol–water partition coefficient (Wildman–Crippen LogP) is 2.15. The molecule has 0 aliphatic carbocycles. The number of amides is 3. The Morgan fingerprint density at radius 3 is 0.823 bits per heavy atom. The SMILES string of the molecule is O=C(O)CN1CCN(CC(=O)O)CCN(CC(=O)CCCCCCC(=O)Nc2ccc(-c3nnc(-c4ccccn4)nn3)nc2)CCN(CC(=O)O)CC1.O=C(O)CN1CCN(CC(=O)O)CCN(CC(=O)NCCCCCCCCCCC(=O)Nc2ccc(-c3nnc(-c4ccccn4)nn3)nc2)CCN(CC(=O)O)CC1. The van der Waals surface area contributed by atoms with E-state index in [1.165, 1.54) is 6.20 Å². The highest BCUT2D eigenvalue weighted by Crippen LogP contribution is 2.19. The van der Waals surface area contributed by atoms with Gasteiger partial charge in [0.05, 0.1) is 76.1 Å². The van der Waals surface area contributed by atoms with Crippen LogP contribution in [0.3, 0.4) is 0 Å². The molecule has 0 radical (unpaired) electrons. The zero-order valence-corrected chi connectivity index (χ0v) is 63.6. The van der Waals surface area contributed by atoms with Crippen LogP contribution in [-0.4, -0.2) is 354 Å². The Morgan fingerprint density at radius 1 is 0.283 bits per heavy atom. The molecule has 0 atom stereocenters. The van der Waals surface area contributed by atoms with E-state index in [1.807, 2.05) is 21.9 Å². The van der Waals surface area contributed by atoms with Crippen LogP contribution in [0.4, 0.5) is 11.4 Å². The van der Waals surface area contributed by atoms with Gasteiger partial charge in [-0.1, -0.05) is 63.5 Å². The van der Waals surface area contributed by atoms with Gasteiger partial charge in [-0.15, -0.1) is 40.8 Å². The number of unbranched alkanes of at least 4 members (excludes halogenated alkanes) is 10. The van der Waals surface area contributed by atoms with E-state index in [1.54, 1.807) is 96.5 Å². The molecular formula is C74H103N23O16. The van der Waals surface area contributed by atoms with Crippen molar-refractivity contribution in [2.75, 3.05) is 174 Å². The van der Waals surface area contributed by atoms with Crippen molar-refractivity contribution in [3.8, 4) is 46.1 Å². The number of nitrogens with one attached hydrogen (secondary N) is 3. The first-order chi connectivity index (χ1) is 54.6. The van der Waals surface area contributed by atoms with Gasteiger partial charge in [-0.2, -0.15) is 0 Å². The normalized spacial score (nSPS) is 15.3. The van der Waals surface area contributed by atoms with Gasteiger partial charge >= 0.3 is 35.8 Å². The lowest BCUT2D eigenvalue weighted by Gasteiger charge is -2.32. The molecule has 9 N–H and O–H groups in total. The van der Waals surface area contributed by atoms with Crippen LogP contribution in [0, 0.1) is 0 Å². The third-order valence-electron chi connectivity index (χ3n) is 18.3. The van der Waals surface area contributed by atoms with E-state index >= 15 is 0 Å². The van der Waals surface area contributed by atoms with Gasteiger partial charge < -0.3 is 46.6 Å². The standard InChI is InChI=1S/C39H56N12O8.C35H47N11O8/c52-33(43-30-13-14-32(42-25-30)39-46-44-38(45-47-39)31-11-8-10-15-40-31)12-7-5-3-1-2-4-6-9-16-41-34(53)26-48-17-19-49(27-35(54)55)21-23-51(29-37(58)59)24-22-50(20-18-48)28-36(56)57;47-27(22-43-13-15-44(23-31(49)50)17-19-46(25-33(53)54)20-18-45(16-14-43)24-32(51)52)7-3-1-2-4-9-30(48)38-26-10-11-29(37-21-26)35-41-39-34(40-42-35)28-8-5-6-12-36-28/h8,10-11,13-15,25H,1-7,9,12,16-24,26-29H2,(H,41,53)(H,43,52)(H,54,55)(H,56,57)(H,58,59);5-6,8,10-12,21H,1-4,7,9,13-20,22-25H2,(H,38,48)(H,49,50)(H,51,52)(H,53,54). The molecule has 6 aromatic rings. The van der Waals surface area contributed by atoms with E-state index in [0.29, 0.717) is 189 Å². The number of Topliss-reactive ketones (excluding diaryl/α,β-unsaturated/α-hetero) is 1. The molecule has 2 saturated heterocycles. The van der Waals surface area contributed by atoms with Gasteiger partial charge in [-0.25, -0.2) is 0 Å². The maximum atomic E-state index is 13.0. The molecule has 3 amide bonds. The van der Waals surface area contributed by atoms with E-state index in [9.17, 15) is 78.6 Å². The van der Waals surface area contributed by atoms with E-state index in [-0.39, 0.29) is 87.5 Å². The second-order valence-electron chi connectivity index (χ2n) is 27.4. The summed E-state index contributed by atoms with van der Waals surface area (Å²) in [4.78, 5) is 151. The minimum Gasteiger partial charge on any atom is -0.480 e. The van der Waals surface area contributed by atoms with Gasteiger partial charge in [-0.05, 0) is 74.2 Å². The Kier molecular flexibility index (Phi) is 39.6. The van der Waals surface area contributed by atoms with E-state index < -0.39 is 35.8 Å². The Hall–Kier alpha value is -10.9. The van der Waals surface area contributed by atoms with Crippen LogP contribution in [0.15, 0.2) is 85.5 Å².